The Hall–Kier alpha value is -2.41. The van der Waals surface area contributed by atoms with Crippen molar-refractivity contribution in [1.82, 2.24) is 5.32 Å². The van der Waals surface area contributed by atoms with E-state index in [4.69, 9.17) is 15.9 Å². The summed E-state index contributed by atoms with van der Waals surface area (Å²) in [7, 11) is 0. The summed E-state index contributed by atoms with van der Waals surface area (Å²) in [5.74, 6) is -2.83. The summed E-state index contributed by atoms with van der Waals surface area (Å²) in [6.07, 6.45) is 0.0480. The first-order chi connectivity index (χ1) is 9.91. The maximum atomic E-state index is 11.9. The summed E-state index contributed by atoms with van der Waals surface area (Å²) in [4.78, 5) is 33.4. The summed E-state index contributed by atoms with van der Waals surface area (Å²) in [5, 5.41) is 19.9. The van der Waals surface area contributed by atoms with E-state index in [0.717, 1.165) is 0 Å². The SMILES string of the molecule is N[C@@H](C(=O)N[C@H](CCCC(=O)O)C(=O)O)c1ccccc1. The molecule has 1 amide bonds. The largest absolute Gasteiger partial charge is 0.481 e. The Labute approximate surface area is 121 Å². The Bertz CT molecular complexity index is 503. The van der Waals surface area contributed by atoms with Crippen LogP contribution in [0.2, 0.25) is 0 Å². The molecule has 0 fully saturated rings. The van der Waals surface area contributed by atoms with Crippen molar-refractivity contribution in [3.8, 4) is 0 Å². The number of carboxylic acids is 2. The monoisotopic (exact) mass is 294 g/mol. The van der Waals surface area contributed by atoms with Crippen LogP contribution in [0.1, 0.15) is 30.9 Å². The van der Waals surface area contributed by atoms with Crippen molar-refractivity contribution in [3.63, 3.8) is 0 Å². The molecule has 0 heterocycles. The number of carboxylic acid groups (broad SMARTS) is 2. The molecule has 0 saturated carbocycles. The van der Waals surface area contributed by atoms with Crippen LogP contribution in [0.15, 0.2) is 30.3 Å². The first-order valence-corrected chi connectivity index (χ1v) is 6.47. The molecule has 0 unspecified atom stereocenters. The highest BCUT2D eigenvalue weighted by Crippen LogP contribution is 2.10. The molecule has 0 aliphatic rings. The van der Waals surface area contributed by atoms with Crippen LogP contribution in [0.25, 0.3) is 0 Å². The average molecular weight is 294 g/mol. The van der Waals surface area contributed by atoms with E-state index >= 15 is 0 Å². The number of aliphatic carboxylic acids is 2. The number of nitrogens with two attached hydrogens (primary N) is 1. The molecule has 7 heteroatoms. The highest BCUT2D eigenvalue weighted by molar-refractivity contribution is 5.87. The van der Waals surface area contributed by atoms with Gasteiger partial charge in [0, 0.05) is 6.42 Å². The molecule has 21 heavy (non-hydrogen) atoms. The molecular weight excluding hydrogens is 276 g/mol. The van der Waals surface area contributed by atoms with Crippen LogP contribution < -0.4 is 11.1 Å². The summed E-state index contributed by atoms with van der Waals surface area (Å²) in [6, 6.07) is 6.46. The topological polar surface area (TPSA) is 130 Å². The number of carbonyl (C=O) groups is 3. The van der Waals surface area contributed by atoms with Crippen molar-refractivity contribution < 1.29 is 24.6 Å². The molecule has 1 aromatic rings. The lowest BCUT2D eigenvalue weighted by molar-refractivity contribution is -0.143. The number of hydrogen-bond acceptors (Lipinski definition) is 4. The zero-order valence-electron chi connectivity index (χ0n) is 11.4. The van der Waals surface area contributed by atoms with Crippen molar-refractivity contribution >= 4 is 17.8 Å². The van der Waals surface area contributed by atoms with Gasteiger partial charge in [-0.2, -0.15) is 0 Å². The number of benzene rings is 1. The molecule has 0 spiro atoms. The van der Waals surface area contributed by atoms with E-state index in [1.807, 2.05) is 0 Å². The minimum absolute atomic E-state index is 0.0366. The van der Waals surface area contributed by atoms with Gasteiger partial charge in [0.15, 0.2) is 0 Å². The van der Waals surface area contributed by atoms with Crippen molar-refractivity contribution in [2.24, 2.45) is 5.73 Å². The van der Waals surface area contributed by atoms with Crippen LogP contribution in [0.3, 0.4) is 0 Å². The molecule has 0 bridgehead atoms. The molecule has 1 rings (SSSR count). The van der Waals surface area contributed by atoms with Crippen LogP contribution in [0, 0.1) is 0 Å². The zero-order valence-corrected chi connectivity index (χ0v) is 11.4. The Kier molecular flexibility index (Phi) is 6.35. The smallest absolute Gasteiger partial charge is 0.326 e. The molecule has 0 aliphatic carbocycles. The van der Waals surface area contributed by atoms with E-state index in [0.29, 0.717) is 5.56 Å². The van der Waals surface area contributed by atoms with Gasteiger partial charge < -0.3 is 21.3 Å². The third-order valence-corrected chi connectivity index (χ3v) is 2.94. The molecule has 1 aromatic carbocycles. The first kappa shape index (κ1) is 16.6. The second kappa shape index (κ2) is 8.01. The lowest BCUT2D eigenvalue weighted by Gasteiger charge is -2.17. The van der Waals surface area contributed by atoms with Gasteiger partial charge in [-0.15, -0.1) is 0 Å². The lowest BCUT2D eigenvalue weighted by atomic mass is 10.1. The fourth-order valence-corrected chi connectivity index (χ4v) is 1.79. The molecule has 2 atom stereocenters. The zero-order chi connectivity index (χ0) is 15.8. The van der Waals surface area contributed by atoms with Crippen molar-refractivity contribution in [1.29, 1.82) is 0 Å². The minimum Gasteiger partial charge on any atom is -0.481 e. The van der Waals surface area contributed by atoms with Crippen LogP contribution in [-0.2, 0) is 14.4 Å². The fraction of sp³-hybridized carbons (Fsp3) is 0.357. The van der Waals surface area contributed by atoms with Crippen molar-refractivity contribution in [2.45, 2.75) is 31.3 Å². The molecule has 114 valence electrons. The highest BCUT2D eigenvalue weighted by Gasteiger charge is 2.23. The predicted molar refractivity (Wildman–Crippen MR) is 74.4 cm³/mol. The number of carbonyl (C=O) groups excluding carboxylic acids is 1. The van der Waals surface area contributed by atoms with Crippen LogP contribution >= 0.6 is 0 Å². The van der Waals surface area contributed by atoms with Gasteiger partial charge in [0.1, 0.15) is 12.1 Å². The van der Waals surface area contributed by atoms with E-state index in [-0.39, 0.29) is 19.3 Å². The summed E-state index contributed by atoms with van der Waals surface area (Å²) >= 11 is 0. The highest BCUT2D eigenvalue weighted by atomic mass is 16.4. The second-order valence-corrected chi connectivity index (χ2v) is 4.57. The number of amides is 1. The van der Waals surface area contributed by atoms with Gasteiger partial charge in [0.05, 0.1) is 0 Å². The van der Waals surface area contributed by atoms with Gasteiger partial charge in [-0.1, -0.05) is 30.3 Å². The molecule has 0 saturated heterocycles. The van der Waals surface area contributed by atoms with Gasteiger partial charge in [-0.05, 0) is 18.4 Å². The molecule has 0 aliphatic heterocycles. The summed E-state index contributed by atoms with van der Waals surface area (Å²) in [6.45, 7) is 0. The number of hydrogen-bond donors (Lipinski definition) is 4. The Morgan fingerprint density at radius 1 is 1.14 bits per heavy atom. The Morgan fingerprint density at radius 2 is 1.76 bits per heavy atom. The van der Waals surface area contributed by atoms with E-state index < -0.39 is 29.9 Å². The Morgan fingerprint density at radius 3 is 2.29 bits per heavy atom. The quantitative estimate of drug-likeness (QED) is 0.552. The van der Waals surface area contributed by atoms with Crippen molar-refractivity contribution in [2.75, 3.05) is 0 Å². The molecule has 7 nitrogen and oxygen atoms in total. The maximum Gasteiger partial charge on any atom is 0.326 e. The van der Waals surface area contributed by atoms with Gasteiger partial charge in [-0.25, -0.2) is 4.79 Å². The standard InChI is InChI=1S/C14H18N2O5/c15-12(9-5-2-1-3-6-9)13(19)16-10(14(20)21)7-4-8-11(17)18/h1-3,5-6,10,12H,4,7-8,15H2,(H,16,19)(H,17,18)(H,20,21)/t10-,12-/m1/s1. The molecule has 0 radical (unpaired) electrons. The van der Waals surface area contributed by atoms with Gasteiger partial charge in [0.2, 0.25) is 5.91 Å². The van der Waals surface area contributed by atoms with Crippen LogP contribution in [0.5, 0.6) is 0 Å². The van der Waals surface area contributed by atoms with Gasteiger partial charge in [0.25, 0.3) is 0 Å². The first-order valence-electron chi connectivity index (χ1n) is 6.47. The van der Waals surface area contributed by atoms with Crippen molar-refractivity contribution in [3.05, 3.63) is 35.9 Å². The Balaban J connectivity index is 2.60. The second-order valence-electron chi connectivity index (χ2n) is 4.57. The minimum atomic E-state index is -1.21. The molecule has 0 aromatic heterocycles. The normalized spacial score (nSPS) is 13.2. The van der Waals surface area contributed by atoms with Crippen LogP contribution in [0.4, 0.5) is 0 Å². The van der Waals surface area contributed by atoms with Crippen LogP contribution in [-0.4, -0.2) is 34.1 Å². The third kappa shape index (κ3) is 5.62. The van der Waals surface area contributed by atoms with E-state index in [1.54, 1.807) is 30.3 Å². The molecule has 5 N–H and O–H groups in total. The number of nitrogens with one attached hydrogen (secondary N) is 1. The number of rotatable bonds is 8. The lowest BCUT2D eigenvalue weighted by Crippen LogP contribution is -2.44. The average Bonchev–Trinajstić information content (AvgIpc) is 2.45. The third-order valence-electron chi connectivity index (χ3n) is 2.94. The fourth-order valence-electron chi connectivity index (χ4n) is 1.79. The van der Waals surface area contributed by atoms with E-state index in [2.05, 4.69) is 5.32 Å². The van der Waals surface area contributed by atoms with Gasteiger partial charge >= 0.3 is 11.9 Å². The van der Waals surface area contributed by atoms with E-state index in [1.165, 1.54) is 0 Å². The molecular formula is C14H18N2O5. The summed E-state index contributed by atoms with van der Waals surface area (Å²) in [5.41, 5.74) is 6.34. The maximum absolute atomic E-state index is 11.9. The van der Waals surface area contributed by atoms with Gasteiger partial charge in [-0.3, -0.25) is 9.59 Å². The predicted octanol–water partition coefficient (Wildman–Crippen LogP) is 0.511. The van der Waals surface area contributed by atoms with E-state index in [9.17, 15) is 14.4 Å². The summed E-state index contributed by atoms with van der Waals surface area (Å²) < 4.78 is 0.